The van der Waals surface area contributed by atoms with Gasteiger partial charge >= 0.3 is 0 Å². The molecule has 180 valence electrons. The molecule has 0 aliphatic heterocycles. The molecule has 9 nitrogen and oxygen atoms in total. The fourth-order valence-corrected chi connectivity index (χ4v) is 4.06. The highest BCUT2D eigenvalue weighted by molar-refractivity contribution is 6.11. The summed E-state index contributed by atoms with van der Waals surface area (Å²) < 4.78 is 10.9. The molecule has 0 saturated carbocycles. The minimum absolute atomic E-state index is 0.276. The van der Waals surface area contributed by atoms with Gasteiger partial charge < -0.3 is 24.4 Å². The number of hydrogen-bond donors (Lipinski definition) is 2. The van der Waals surface area contributed by atoms with E-state index in [4.69, 9.17) is 9.15 Å². The SMILES string of the molecule is COc1cc(C(=O)N(C)c2ccccc2-c2ncco2)ccc1C(=O)Nc1cccc2[nH]c(C)nc12. The number of methoxy groups -OCH3 is 1. The van der Waals surface area contributed by atoms with Gasteiger partial charge in [-0.05, 0) is 49.4 Å². The molecule has 0 unspecified atom stereocenters. The summed E-state index contributed by atoms with van der Waals surface area (Å²) in [5.41, 5.74) is 4.04. The molecule has 36 heavy (non-hydrogen) atoms. The van der Waals surface area contributed by atoms with Crippen molar-refractivity contribution in [2.75, 3.05) is 24.4 Å². The molecule has 0 radical (unpaired) electrons. The Morgan fingerprint density at radius 1 is 1.08 bits per heavy atom. The van der Waals surface area contributed by atoms with Crippen LogP contribution in [0, 0.1) is 6.92 Å². The van der Waals surface area contributed by atoms with E-state index in [0.717, 1.165) is 11.3 Å². The van der Waals surface area contributed by atoms with Gasteiger partial charge in [0.2, 0.25) is 5.89 Å². The second kappa shape index (κ2) is 9.38. The molecule has 2 amide bonds. The number of para-hydroxylation sites is 2. The minimum Gasteiger partial charge on any atom is -0.496 e. The zero-order valence-electron chi connectivity index (χ0n) is 19.9. The van der Waals surface area contributed by atoms with Crippen LogP contribution >= 0.6 is 0 Å². The van der Waals surface area contributed by atoms with E-state index in [9.17, 15) is 9.59 Å². The molecule has 3 aromatic carbocycles. The Kier molecular flexibility index (Phi) is 5.95. The fraction of sp³-hybridized carbons (Fsp3) is 0.111. The van der Waals surface area contributed by atoms with E-state index in [1.807, 2.05) is 43.3 Å². The number of amides is 2. The number of ether oxygens (including phenoxy) is 1. The van der Waals surface area contributed by atoms with Crippen LogP contribution in [0.5, 0.6) is 5.75 Å². The largest absolute Gasteiger partial charge is 0.496 e. The molecule has 0 bridgehead atoms. The summed E-state index contributed by atoms with van der Waals surface area (Å²) in [4.78, 5) is 39.8. The standard InChI is InChI=1S/C27H23N5O4/c1-16-29-20-8-6-9-21(24(20)30-16)31-25(33)19-12-11-17(15-23(19)35-3)27(34)32(2)22-10-5-4-7-18(22)26-28-13-14-36-26/h4-15H,1-3H3,(H,29,30)(H,31,33). The lowest BCUT2D eigenvalue weighted by Gasteiger charge is -2.20. The number of H-pyrrole nitrogens is 1. The van der Waals surface area contributed by atoms with Gasteiger partial charge in [0.25, 0.3) is 11.8 Å². The zero-order chi connectivity index (χ0) is 25.2. The number of carbonyl (C=O) groups is 2. The van der Waals surface area contributed by atoms with Crippen molar-refractivity contribution in [3.63, 3.8) is 0 Å². The van der Waals surface area contributed by atoms with Gasteiger partial charge in [0, 0.05) is 12.6 Å². The maximum atomic E-state index is 13.4. The third-order valence-electron chi connectivity index (χ3n) is 5.81. The van der Waals surface area contributed by atoms with E-state index in [-0.39, 0.29) is 17.6 Å². The van der Waals surface area contributed by atoms with E-state index in [0.29, 0.717) is 39.5 Å². The maximum Gasteiger partial charge on any atom is 0.259 e. The topological polar surface area (TPSA) is 113 Å². The van der Waals surface area contributed by atoms with E-state index in [2.05, 4.69) is 20.3 Å². The molecule has 2 aromatic heterocycles. The van der Waals surface area contributed by atoms with Crippen LogP contribution in [0.1, 0.15) is 26.5 Å². The molecule has 9 heteroatoms. The second-order valence-corrected chi connectivity index (χ2v) is 8.11. The first-order chi connectivity index (χ1) is 17.5. The normalized spacial score (nSPS) is 10.9. The van der Waals surface area contributed by atoms with E-state index in [1.165, 1.54) is 18.3 Å². The molecule has 5 aromatic rings. The first-order valence-corrected chi connectivity index (χ1v) is 11.2. The van der Waals surface area contributed by atoms with E-state index < -0.39 is 0 Å². The van der Waals surface area contributed by atoms with Crippen molar-refractivity contribution in [3.05, 3.63) is 90.1 Å². The van der Waals surface area contributed by atoms with E-state index in [1.54, 1.807) is 37.5 Å². The summed E-state index contributed by atoms with van der Waals surface area (Å²) >= 11 is 0. The van der Waals surface area contributed by atoms with Gasteiger partial charge in [-0.3, -0.25) is 9.59 Å². The molecular weight excluding hydrogens is 458 g/mol. The number of nitrogens with zero attached hydrogens (tertiary/aromatic N) is 3. The van der Waals surface area contributed by atoms with Gasteiger partial charge in [-0.1, -0.05) is 18.2 Å². The summed E-state index contributed by atoms with van der Waals surface area (Å²) in [6.07, 6.45) is 3.03. The number of aromatic amines is 1. The molecule has 0 atom stereocenters. The highest BCUT2D eigenvalue weighted by atomic mass is 16.5. The average molecular weight is 482 g/mol. The molecule has 0 fully saturated rings. The fourth-order valence-electron chi connectivity index (χ4n) is 4.06. The summed E-state index contributed by atoms with van der Waals surface area (Å²) in [6, 6.07) is 17.6. The molecule has 0 aliphatic rings. The highest BCUT2D eigenvalue weighted by Crippen LogP contribution is 2.31. The van der Waals surface area contributed by atoms with Crippen LogP contribution in [0.15, 0.2) is 77.5 Å². The first kappa shape index (κ1) is 22.9. The molecule has 5 rings (SSSR count). The van der Waals surface area contributed by atoms with E-state index >= 15 is 0 Å². The van der Waals surface area contributed by atoms with Crippen LogP contribution in [0.2, 0.25) is 0 Å². The van der Waals surface area contributed by atoms with Gasteiger partial charge in [-0.25, -0.2) is 9.97 Å². The average Bonchev–Trinajstić information content (AvgIpc) is 3.57. The lowest BCUT2D eigenvalue weighted by Crippen LogP contribution is -2.27. The van der Waals surface area contributed by atoms with Crippen molar-refractivity contribution < 1.29 is 18.7 Å². The molecule has 0 saturated heterocycles. The number of oxazole rings is 1. The molecular formula is C27H23N5O4. The minimum atomic E-state index is -0.374. The van der Waals surface area contributed by atoms with Crippen molar-refractivity contribution >= 4 is 34.2 Å². The summed E-state index contributed by atoms with van der Waals surface area (Å²) in [7, 11) is 3.13. The summed E-state index contributed by atoms with van der Waals surface area (Å²) in [5, 5.41) is 2.90. The number of carbonyl (C=O) groups excluding carboxylic acids is 2. The third-order valence-corrected chi connectivity index (χ3v) is 5.81. The molecule has 2 heterocycles. The van der Waals surface area contributed by atoms with Crippen LogP contribution in [0.3, 0.4) is 0 Å². The van der Waals surface area contributed by atoms with Gasteiger partial charge in [-0.2, -0.15) is 0 Å². The van der Waals surface area contributed by atoms with Crippen molar-refractivity contribution in [1.29, 1.82) is 0 Å². The van der Waals surface area contributed by atoms with Gasteiger partial charge in [0.15, 0.2) is 0 Å². The maximum absolute atomic E-state index is 13.4. The lowest BCUT2D eigenvalue weighted by atomic mass is 10.1. The quantitative estimate of drug-likeness (QED) is 0.350. The summed E-state index contributed by atoms with van der Waals surface area (Å²) in [6.45, 7) is 1.85. The predicted octanol–water partition coefficient (Wildman–Crippen LogP) is 5.06. The Labute approximate surface area is 206 Å². The molecule has 0 aliphatic carbocycles. The highest BCUT2D eigenvalue weighted by Gasteiger charge is 2.22. The number of aromatic nitrogens is 3. The Hall–Kier alpha value is -4.92. The lowest BCUT2D eigenvalue weighted by molar-refractivity contribution is 0.0988. The number of nitrogens with one attached hydrogen (secondary N) is 2. The third kappa shape index (κ3) is 4.18. The van der Waals surface area contributed by atoms with Crippen LogP contribution in [-0.4, -0.2) is 40.9 Å². The Bertz CT molecular complexity index is 1570. The number of hydrogen-bond acceptors (Lipinski definition) is 6. The van der Waals surface area contributed by atoms with Crippen LogP contribution in [-0.2, 0) is 0 Å². The molecule has 0 spiro atoms. The van der Waals surface area contributed by atoms with Crippen molar-refractivity contribution in [2.45, 2.75) is 6.92 Å². The van der Waals surface area contributed by atoms with Crippen molar-refractivity contribution in [1.82, 2.24) is 15.0 Å². The summed E-state index contributed by atoms with van der Waals surface area (Å²) in [5.74, 6) is 0.786. The van der Waals surface area contributed by atoms with Crippen LogP contribution in [0.25, 0.3) is 22.5 Å². The van der Waals surface area contributed by atoms with Crippen LogP contribution in [0.4, 0.5) is 11.4 Å². The van der Waals surface area contributed by atoms with Crippen molar-refractivity contribution in [2.24, 2.45) is 0 Å². The number of rotatable bonds is 6. The number of benzene rings is 3. The number of fused-ring (bicyclic) bond motifs is 1. The van der Waals surface area contributed by atoms with Gasteiger partial charge in [0.1, 0.15) is 23.4 Å². The van der Waals surface area contributed by atoms with Gasteiger partial charge in [0.05, 0.1) is 41.3 Å². The monoisotopic (exact) mass is 481 g/mol. The Morgan fingerprint density at radius 2 is 1.92 bits per heavy atom. The Morgan fingerprint density at radius 3 is 2.69 bits per heavy atom. The number of imidazole rings is 1. The number of anilines is 2. The first-order valence-electron chi connectivity index (χ1n) is 11.2. The Balaban J connectivity index is 1.42. The second-order valence-electron chi connectivity index (χ2n) is 8.11. The number of aryl methyl sites for hydroxylation is 1. The van der Waals surface area contributed by atoms with Crippen molar-refractivity contribution in [3.8, 4) is 17.2 Å². The smallest absolute Gasteiger partial charge is 0.259 e. The molecule has 2 N–H and O–H groups in total. The predicted molar refractivity (Wildman–Crippen MR) is 136 cm³/mol. The zero-order valence-corrected chi connectivity index (χ0v) is 19.9. The van der Waals surface area contributed by atoms with Crippen LogP contribution < -0.4 is 15.0 Å². The van der Waals surface area contributed by atoms with Gasteiger partial charge in [-0.15, -0.1) is 0 Å².